The summed E-state index contributed by atoms with van der Waals surface area (Å²) in [7, 11) is 0. The molecule has 0 atom stereocenters. The maximum absolute atomic E-state index is 4.29. The van der Waals surface area contributed by atoms with Crippen molar-refractivity contribution in [3.63, 3.8) is 0 Å². The summed E-state index contributed by atoms with van der Waals surface area (Å²) >= 11 is 0. The van der Waals surface area contributed by atoms with Gasteiger partial charge in [-0.1, -0.05) is 18.2 Å². The van der Waals surface area contributed by atoms with Gasteiger partial charge in [0.2, 0.25) is 0 Å². The topological polar surface area (TPSA) is 52.7 Å². The number of aromatic nitrogens is 2. The second kappa shape index (κ2) is 6.21. The van der Waals surface area contributed by atoms with Gasteiger partial charge < -0.3 is 15.6 Å². The highest BCUT2D eigenvalue weighted by molar-refractivity contribution is 5.79. The molecule has 20 heavy (non-hydrogen) atoms. The number of hydrogen-bond acceptors (Lipinski definition) is 3. The van der Waals surface area contributed by atoms with Crippen LogP contribution in [0.2, 0.25) is 0 Å². The lowest BCUT2D eigenvalue weighted by molar-refractivity contribution is 0.710. The molecule has 4 heteroatoms. The average Bonchev–Trinajstić information content (AvgIpc) is 2.91. The molecule has 1 aromatic carbocycles. The van der Waals surface area contributed by atoms with Crippen molar-refractivity contribution in [2.24, 2.45) is 0 Å². The van der Waals surface area contributed by atoms with Crippen molar-refractivity contribution in [2.45, 2.75) is 6.54 Å². The number of nitrogens with one attached hydrogen (secondary N) is 3. The fourth-order valence-electron chi connectivity index (χ4n) is 2.23. The molecule has 0 radical (unpaired) electrons. The van der Waals surface area contributed by atoms with Crippen LogP contribution in [0.1, 0.15) is 5.56 Å². The van der Waals surface area contributed by atoms with Crippen LogP contribution in [0.3, 0.4) is 0 Å². The zero-order chi connectivity index (χ0) is 13.6. The molecule has 0 aliphatic carbocycles. The van der Waals surface area contributed by atoms with E-state index >= 15 is 0 Å². The lowest BCUT2D eigenvalue weighted by Gasteiger charge is -2.07. The quantitative estimate of drug-likeness (QED) is 0.601. The Morgan fingerprint density at radius 2 is 1.90 bits per heavy atom. The van der Waals surface area contributed by atoms with Crippen molar-refractivity contribution >= 4 is 16.7 Å². The van der Waals surface area contributed by atoms with E-state index in [2.05, 4.69) is 38.8 Å². The van der Waals surface area contributed by atoms with Crippen LogP contribution in [0, 0.1) is 0 Å². The molecular weight excluding hydrogens is 248 g/mol. The molecule has 4 nitrogen and oxygen atoms in total. The van der Waals surface area contributed by atoms with Crippen LogP contribution in [-0.4, -0.2) is 23.1 Å². The Balaban J connectivity index is 1.46. The third kappa shape index (κ3) is 2.97. The van der Waals surface area contributed by atoms with Gasteiger partial charge in [0.15, 0.2) is 0 Å². The molecule has 0 spiro atoms. The predicted octanol–water partition coefficient (Wildman–Crippen LogP) is 2.76. The van der Waals surface area contributed by atoms with Gasteiger partial charge in [-0.25, -0.2) is 4.98 Å². The summed E-state index contributed by atoms with van der Waals surface area (Å²) < 4.78 is 0. The number of para-hydroxylation sites is 1. The Morgan fingerprint density at radius 3 is 2.80 bits per heavy atom. The summed E-state index contributed by atoms with van der Waals surface area (Å²) in [6, 6.07) is 14.3. The van der Waals surface area contributed by atoms with Gasteiger partial charge in [0.1, 0.15) is 5.65 Å². The van der Waals surface area contributed by atoms with E-state index in [0.29, 0.717) is 0 Å². The van der Waals surface area contributed by atoms with E-state index < -0.39 is 0 Å². The van der Waals surface area contributed by atoms with Crippen molar-refractivity contribution in [2.75, 3.05) is 18.4 Å². The fraction of sp³-hybridized carbons (Fsp3) is 0.188. The van der Waals surface area contributed by atoms with E-state index in [1.54, 1.807) is 6.20 Å². The molecule has 0 bridgehead atoms. The van der Waals surface area contributed by atoms with E-state index in [1.807, 2.05) is 30.5 Å². The average molecular weight is 266 g/mol. The molecule has 3 aromatic rings. The number of hydrogen-bond donors (Lipinski definition) is 3. The van der Waals surface area contributed by atoms with Crippen molar-refractivity contribution in [1.29, 1.82) is 0 Å². The van der Waals surface area contributed by atoms with Gasteiger partial charge in [-0.2, -0.15) is 0 Å². The van der Waals surface area contributed by atoms with E-state index in [0.717, 1.165) is 31.0 Å². The van der Waals surface area contributed by atoms with Gasteiger partial charge in [0, 0.05) is 43.1 Å². The van der Waals surface area contributed by atoms with Gasteiger partial charge in [-0.3, -0.25) is 0 Å². The van der Waals surface area contributed by atoms with Gasteiger partial charge in [0.05, 0.1) is 0 Å². The largest absolute Gasteiger partial charge is 0.384 e. The molecule has 0 amide bonds. The van der Waals surface area contributed by atoms with Crippen molar-refractivity contribution in [3.8, 4) is 0 Å². The highest BCUT2D eigenvalue weighted by Gasteiger charge is 2.02. The smallest absolute Gasteiger partial charge is 0.137 e. The highest BCUT2D eigenvalue weighted by Crippen LogP contribution is 2.14. The standard InChI is InChI=1S/C16H18N4/c1-2-5-14(6-3-1)18-10-9-17-11-13-12-20-16-15(13)7-4-8-19-16/h1-8,12,17-18H,9-11H2,(H,19,20). The van der Waals surface area contributed by atoms with Crippen LogP contribution in [0.4, 0.5) is 5.69 Å². The Labute approximate surface area is 118 Å². The number of H-pyrrole nitrogens is 1. The Kier molecular flexibility index (Phi) is 3.94. The van der Waals surface area contributed by atoms with Crippen LogP contribution < -0.4 is 10.6 Å². The fourth-order valence-corrected chi connectivity index (χ4v) is 2.23. The minimum atomic E-state index is 0.849. The number of benzene rings is 1. The lowest BCUT2D eigenvalue weighted by atomic mass is 10.2. The van der Waals surface area contributed by atoms with Crippen LogP contribution in [-0.2, 0) is 6.54 Å². The molecule has 0 saturated carbocycles. The summed E-state index contributed by atoms with van der Waals surface area (Å²) in [4.78, 5) is 7.48. The third-order valence-electron chi connectivity index (χ3n) is 3.26. The van der Waals surface area contributed by atoms with E-state index in [-0.39, 0.29) is 0 Å². The summed E-state index contributed by atoms with van der Waals surface area (Å²) in [6.45, 7) is 2.68. The maximum Gasteiger partial charge on any atom is 0.137 e. The summed E-state index contributed by atoms with van der Waals surface area (Å²) in [6.07, 6.45) is 3.83. The first kappa shape index (κ1) is 12.7. The second-order valence-electron chi connectivity index (χ2n) is 4.68. The van der Waals surface area contributed by atoms with Crippen LogP contribution in [0.15, 0.2) is 54.9 Å². The minimum Gasteiger partial charge on any atom is -0.384 e. The number of nitrogens with zero attached hydrogens (tertiary/aromatic N) is 1. The minimum absolute atomic E-state index is 0.849. The zero-order valence-corrected chi connectivity index (χ0v) is 11.3. The van der Waals surface area contributed by atoms with Crippen LogP contribution in [0.25, 0.3) is 11.0 Å². The van der Waals surface area contributed by atoms with Gasteiger partial charge >= 0.3 is 0 Å². The lowest BCUT2D eigenvalue weighted by Crippen LogP contribution is -2.21. The van der Waals surface area contributed by atoms with Gasteiger partial charge in [-0.15, -0.1) is 0 Å². The summed E-state index contributed by atoms with van der Waals surface area (Å²) in [5, 5.41) is 8.01. The first-order chi connectivity index (χ1) is 9.93. The number of pyridine rings is 1. The summed E-state index contributed by atoms with van der Waals surface area (Å²) in [5.41, 5.74) is 3.37. The van der Waals surface area contributed by atoms with E-state index in [9.17, 15) is 0 Å². The zero-order valence-electron chi connectivity index (χ0n) is 11.3. The normalized spacial score (nSPS) is 10.8. The molecule has 102 valence electrons. The number of rotatable bonds is 6. The van der Waals surface area contributed by atoms with Crippen LogP contribution >= 0.6 is 0 Å². The molecule has 3 N–H and O–H groups in total. The number of anilines is 1. The molecule has 0 unspecified atom stereocenters. The second-order valence-corrected chi connectivity index (χ2v) is 4.68. The number of fused-ring (bicyclic) bond motifs is 1. The predicted molar refractivity (Wildman–Crippen MR) is 82.7 cm³/mol. The third-order valence-corrected chi connectivity index (χ3v) is 3.26. The molecular formula is C16H18N4. The molecule has 3 rings (SSSR count). The molecule has 0 fully saturated rings. The molecule has 0 aliphatic rings. The van der Waals surface area contributed by atoms with Crippen molar-refractivity contribution in [1.82, 2.24) is 15.3 Å². The SMILES string of the molecule is c1ccc(NCCNCc2c[nH]c3ncccc23)cc1. The van der Waals surface area contributed by atoms with Gasteiger partial charge in [0.25, 0.3) is 0 Å². The highest BCUT2D eigenvalue weighted by atomic mass is 14.9. The van der Waals surface area contributed by atoms with E-state index in [4.69, 9.17) is 0 Å². The molecule has 2 heterocycles. The molecule has 0 aliphatic heterocycles. The first-order valence-electron chi connectivity index (χ1n) is 6.84. The van der Waals surface area contributed by atoms with Crippen molar-refractivity contribution in [3.05, 3.63) is 60.4 Å². The molecule has 2 aromatic heterocycles. The maximum atomic E-state index is 4.29. The Morgan fingerprint density at radius 1 is 1.00 bits per heavy atom. The van der Waals surface area contributed by atoms with Crippen LogP contribution in [0.5, 0.6) is 0 Å². The van der Waals surface area contributed by atoms with E-state index in [1.165, 1.54) is 10.9 Å². The first-order valence-corrected chi connectivity index (χ1v) is 6.84. The Bertz CT molecular complexity index is 660. The monoisotopic (exact) mass is 266 g/mol. The van der Waals surface area contributed by atoms with Crippen molar-refractivity contribution < 1.29 is 0 Å². The number of aromatic amines is 1. The van der Waals surface area contributed by atoms with Gasteiger partial charge in [-0.05, 0) is 29.8 Å². The Hall–Kier alpha value is -2.33. The summed E-state index contributed by atoms with van der Waals surface area (Å²) in [5.74, 6) is 0. The molecule has 0 saturated heterocycles.